The van der Waals surface area contributed by atoms with Crippen LogP contribution < -0.4 is 15.2 Å². The van der Waals surface area contributed by atoms with Gasteiger partial charge in [0.25, 0.3) is 0 Å². The van der Waals surface area contributed by atoms with Crippen LogP contribution in [-0.4, -0.2) is 13.2 Å². The van der Waals surface area contributed by atoms with Crippen LogP contribution in [-0.2, 0) is 6.54 Å². The van der Waals surface area contributed by atoms with Crippen molar-refractivity contribution in [3.05, 3.63) is 23.8 Å². The lowest BCUT2D eigenvalue weighted by Gasteiger charge is -2.13. The largest absolute Gasteiger partial charge is 0.493 e. The lowest BCUT2D eigenvalue weighted by atomic mass is 10.2. The Hall–Kier alpha value is -1.22. The van der Waals surface area contributed by atoms with Crippen LogP contribution in [0.2, 0.25) is 0 Å². The van der Waals surface area contributed by atoms with E-state index in [1.807, 2.05) is 18.2 Å². The van der Waals surface area contributed by atoms with Gasteiger partial charge < -0.3 is 15.2 Å². The first kappa shape index (κ1) is 15.8. The molecule has 3 nitrogen and oxygen atoms in total. The zero-order valence-corrected chi connectivity index (χ0v) is 12.3. The van der Waals surface area contributed by atoms with Crippen molar-refractivity contribution in [2.24, 2.45) is 5.73 Å². The summed E-state index contributed by atoms with van der Waals surface area (Å²) < 4.78 is 11.5. The Balaban J connectivity index is 2.52. The first-order chi connectivity index (χ1) is 9.31. The minimum Gasteiger partial charge on any atom is -0.493 e. The second-order valence-electron chi connectivity index (χ2n) is 4.73. The Kier molecular flexibility index (Phi) is 8.07. The molecule has 0 saturated carbocycles. The average molecular weight is 265 g/mol. The van der Waals surface area contributed by atoms with Gasteiger partial charge in [-0.05, 0) is 18.9 Å². The van der Waals surface area contributed by atoms with Gasteiger partial charge in [-0.25, -0.2) is 0 Å². The number of nitrogens with two attached hydrogens (primary N) is 1. The molecule has 108 valence electrons. The van der Waals surface area contributed by atoms with Gasteiger partial charge in [0, 0.05) is 18.2 Å². The van der Waals surface area contributed by atoms with E-state index in [1.165, 1.54) is 19.3 Å². The number of rotatable bonds is 10. The third kappa shape index (κ3) is 5.97. The fraction of sp³-hybridized carbons (Fsp3) is 0.625. The summed E-state index contributed by atoms with van der Waals surface area (Å²) in [5.74, 6) is 1.73. The molecule has 1 aromatic carbocycles. The average Bonchev–Trinajstić information content (AvgIpc) is 2.45. The van der Waals surface area contributed by atoms with E-state index in [2.05, 4.69) is 13.8 Å². The minimum absolute atomic E-state index is 0.498. The van der Waals surface area contributed by atoms with E-state index in [1.54, 1.807) is 0 Å². The standard InChI is InChI=1S/C16H27NO2/c1-3-5-6-7-11-19-16-12-15(18-10-4-2)9-8-14(16)13-17/h8-9,12H,3-7,10-11,13,17H2,1-2H3. The summed E-state index contributed by atoms with van der Waals surface area (Å²) in [5, 5.41) is 0. The van der Waals surface area contributed by atoms with Crippen LogP contribution in [0.1, 0.15) is 51.5 Å². The predicted molar refractivity (Wildman–Crippen MR) is 79.8 cm³/mol. The van der Waals surface area contributed by atoms with E-state index in [-0.39, 0.29) is 0 Å². The highest BCUT2D eigenvalue weighted by Crippen LogP contribution is 2.25. The van der Waals surface area contributed by atoms with Gasteiger partial charge in [-0.2, -0.15) is 0 Å². The molecule has 0 unspecified atom stereocenters. The third-order valence-corrected chi connectivity index (χ3v) is 2.99. The van der Waals surface area contributed by atoms with Crippen molar-refractivity contribution in [2.45, 2.75) is 52.5 Å². The predicted octanol–water partition coefficient (Wildman–Crippen LogP) is 3.89. The molecule has 0 spiro atoms. The summed E-state index contributed by atoms with van der Waals surface area (Å²) >= 11 is 0. The Morgan fingerprint density at radius 2 is 1.79 bits per heavy atom. The molecule has 0 atom stereocenters. The fourth-order valence-corrected chi connectivity index (χ4v) is 1.86. The lowest BCUT2D eigenvalue weighted by Crippen LogP contribution is -2.05. The molecule has 0 aromatic heterocycles. The van der Waals surface area contributed by atoms with Gasteiger partial charge in [-0.3, -0.25) is 0 Å². The maximum atomic E-state index is 5.84. The quantitative estimate of drug-likeness (QED) is 0.653. The van der Waals surface area contributed by atoms with Crippen LogP contribution in [0.15, 0.2) is 18.2 Å². The van der Waals surface area contributed by atoms with Gasteiger partial charge in [-0.15, -0.1) is 0 Å². The summed E-state index contributed by atoms with van der Waals surface area (Å²) in [4.78, 5) is 0. The van der Waals surface area contributed by atoms with Gasteiger partial charge in [-0.1, -0.05) is 39.2 Å². The van der Waals surface area contributed by atoms with Crippen LogP contribution in [0.25, 0.3) is 0 Å². The number of hydrogen-bond donors (Lipinski definition) is 1. The third-order valence-electron chi connectivity index (χ3n) is 2.99. The molecule has 2 N–H and O–H groups in total. The van der Waals surface area contributed by atoms with Crippen LogP contribution in [0, 0.1) is 0 Å². The smallest absolute Gasteiger partial charge is 0.127 e. The zero-order valence-electron chi connectivity index (χ0n) is 12.3. The molecule has 0 aliphatic heterocycles. The van der Waals surface area contributed by atoms with Crippen LogP contribution in [0.5, 0.6) is 11.5 Å². The Bertz CT molecular complexity index is 353. The van der Waals surface area contributed by atoms with E-state index >= 15 is 0 Å². The topological polar surface area (TPSA) is 44.5 Å². The highest BCUT2D eigenvalue weighted by molar-refractivity contribution is 5.40. The van der Waals surface area contributed by atoms with Gasteiger partial charge in [0.1, 0.15) is 11.5 Å². The highest BCUT2D eigenvalue weighted by Gasteiger charge is 2.05. The van der Waals surface area contributed by atoms with Crippen molar-refractivity contribution < 1.29 is 9.47 Å². The molecule has 0 aliphatic carbocycles. The molecular formula is C16H27NO2. The van der Waals surface area contributed by atoms with Gasteiger partial charge >= 0.3 is 0 Å². The van der Waals surface area contributed by atoms with E-state index in [9.17, 15) is 0 Å². The highest BCUT2D eigenvalue weighted by atomic mass is 16.5. The number of unbranched alkanes of at least 4 members (excludes halogenated alkanes) is 3. The second kappa shape index (κ2) is 9.68. The Morgan fingerprint density at radius 3 is 2.47 bits per heavy atom. The summed E-state index contributed by atoms with van der Waals surface area (Å²) in [6.45, 7) is 6.29. The number of hydrogen-bond acceptors (Lipinski definition) is 3. The maximum Gasteiger partial charge on any atom is 0.127 e. The van der Waals surface area contributed by atoms with Crippen molar-refractivity contribution in [2.75, 3.05) is 13.2 Å². The summed E-state index contributed by atoms with van der Waals surface area (Å²) in [5.41, 5.74) is 6.77. The van der Waals surface area contributed by atoms with Crippen molar-refractivity contribution in [3.8, 4) is 11.5 Å². The van der Waals surface area contributed by atoms with Crippen LogP contribution in [0.4, 0.5) is 0 Å². The summed E-state index contributed by atoms with van der Waals surface area (Å²) in [6, 6.07) is 5.91. The van der Waals surface area contributed by atoms with Crippen molar-refractivity contribution >= 4 is 0 Å². The molecule has 0 amide bonds. The summed E-state index contributed by atoms with van der Waals surface area (Å²) in [6.07, 6.45) is 5.84. The van der Waals surface area contributed by atoms with Gasteiger partial charge in [0.15, 0.2) is 0 Å². The monoisotopic (exact) mass is 265 g/mol. The van der Waals surface area contributed by atoms with Crippen LogP contribution >= 0.6 is 0 Å². The van der Waals surface area contributed by atoms with Gasteiger partial charge in [0.05, 0.1) is 13.2 Å². The lowest BCUT2D eigenvalue weighted by molar-refractivity contribution is 0.292. The molecule has 19 heavy (non-hydrogen) atoms. The Morgan fingerprint density at radius 1 is 0.947 bits per heavy atom. The van der Waals surface area contributed by atoms with E-state index < -0.39 is 0 Å². The van der Waals surface area contributed by atoms with Crippen molar-refractivity contribution in [3.63, 3.8) is 0 Å². The van der Waals surface area contributed by atoms with E-state index in [0.717, 1.165) is 43.1 Å². The van der Waals surface area contributed by atoms with E-state index in [4.69, 9.17) is 15.2 Å². The Labute approximate surface area is 117 Å². The fourth-order valence-electron chi connectivity index (χ4n) is 1.86. The maximum absolute atomic E-state index is 5.84. The molecule has 0 fully saturated rings. The molecule has 0 heterocycles. The SMILES string of the molecule is CCCCCCOc1cc(OCCC)ccc1CN. The number of benzene rings is 1. The van der Waals surface area contributed by atoms with E-state index in [0.29, 0.717) is 6.54 Å². The minimum atomic E-state index is 0.498. The molecule has 1 aromatic rings. The normalized spacial score (nSPS) is 10.5. The first-order valence-electron chi connectivity index (χ1n) is 7.40. The van der Waals surface area contributed by atoms with Crippen LogP contribution in [0.3, 0.4) is 0 Å². The molecule has 1 rings (SSSR count). The molecule has 0 aliphatic rings. The molecule has 3 heteroatoms. The van der Waals surface area contributed by atoms with Gasteiger partial charge in [0.2, 0.25) is 0 Å². The van der Waals surface area contributed by atoms with Crippen molar-refractivity contribution in [1.29, 1.82) is 0 Å². The molecule has 0 radical (unpaired) electrons. The summed E-state index contributed by atoms with van der Waals surface area (Å²) in [7, 11) is 0. The molecule has 0 saturated heterocycles. The first-order valence-corrected chi connectivity index (χ1v) is 7.40. The molecular weight excluding hydrogens is 238 g/mol. The zero-order chi connectivity index (χ0) is 13.9. The second-order valence-corrected chi connectivity index (χ2v) is 4.73. The molecule has 0 bridgehead atoms. The number of ether oxygens (including phenoxy) is 2. The van der Waals surface area contributed by atoms with Crippen molar-refractivity contribution in [1.82, 2.24) is 0 Å².